The van der Waals surface area contributed by atoms with Crippen LogP contribution in [0.5, 0.6) is 17.2 Å². The lowest BCUT2D eigenvalue weighted by atomic mass is 9.84. The van der Waals surface area contributed by atoms with Crippen LogP contribution in [0, 0.1) is 5.41 Å². The molecule has 0 atom stereocenters. The van der Waals surface area contributed by atoms with Crippen molar-refractivity contribution >= 4 is 39.8 Å². The van der Waals surface area contributed by atoms with Crippen LogP contribution in [0.15, 0.2) is 58.1 Å². The molecule has 0 bridgehead atoms. The standard InChI is InChI=1S/C28H27F3N4O4S/c1-37-23-16-17(15-21-24(32)35-27(33-25(21)36)40-26(34-35)28(29,30)31)7-12-22(23)39-14-13-38-20-10-8-19(9-11-20)18-5-3-2-4-6-18/h7-12,15-16,18,32H,2-6,13-14H2,1H3/b21-15-,32-24?. The molecular formula is C28H27F3N4O4S. The van der Waals surface area contributed by atoms with Gasteiger partial charge in [-0.25, -0.2) is 0 Å². The third-order valence-corrected chi connectivity index (χ3v) is 7.72. The van der Waals surface area contributed by atoms with E-state index in [0.717, 1.165) is 5.75 Å². The second kappa shape index (κ2) is 11.7. The van der Waals surface area contributed by atoms with Gasteiger partial charge in [-0.3, -0.25) is 10.2 Å². The van der Waals surface area contributed by atoms with Crippen LogP contribution in [-0.2, 0) is 4.79 Å². The van der Waals surface area contributed by atoms with Gasteiger partial charge in [0.2, 0.25) is 10.2 Å². The maximum Gasteiger partial charge on any atom is 0.441 e. The third kappa shape index (κ3) is 6.16. The number of alkyl halides is 3. The molecule has 2 aliphatic heterocycles. The fraction of sp³-hybridized carbons (Fsp3) is 0.357. The molecule has 1 saturated carbocycles. The average molecular weight is 573 g/mol. The fourth-order valence-corrected chi connectivity index (χ4v) is 5.51. The minimum atomic E-state index is -4.70. The Morgan fingerprint density at radius 3 is 2.48 bits per heavy atom. The molecule has 210 valence electrons. The quantitative estimate of drug-likeness (QED) is 0.291. The Morgan fingerprint density at radius 2 is 1.77 bits per heavy atom. The summed E-state index contributed by atoms with van der Waals surface area (Å²) < 4.78 is 56.1. The van der Waals surface area contributed by atoms with Crippen molar-refractivity contribution in [3.05, 3.63) is 59.2 Å². The summed E-state index contributed by atoms with van der Waals surface area (Å²) in [6.45, 7) is 0.575. The molecule has 12 heteroatoms. The molecule has 40 heavy (non-hydrogen) atoms. The van der Waals surface area contributed by atoms with E-state index in [1.165, 1.54) is 50.9 Å². The number of amidine groups is 2. The molecule has 1 aliphatic carbocycles. The minimum Gasteiger partial charge on any atom is -0.493 e. The van der Waals surface area contributed by atoms with E-state index in [0.29, 0.717) is 34.6 Å². The van der Waals surface area contributed by atoms with Gasteiger partial charge in [0.25, 0.3) is 5.91 Å². The Labute approximate surface area is 233 Å². The number of amides is 1. The number of aliphatic imine (C=N–C) groups is 1. The number of methoxy groups -OCH3 is 1. The van der Waals surface area contributed by atoms with Gasteiger partial charge in [0, 0.05) is 0 Å². The summed E-state index contributed by atoms with van der Waals surface area (Å²) in [6.07, 6.45) is 3.04. The Bertz CT molecular complexity index is 1380. The smallest absolute Gasteiger partial charge is 0.441 e. The molecule has 1 amide bonds. The van der Waals surface area contributed by atoms with Gasteiger partial charge in [-0.1, -0.05) is 37.5 Å². The number of rotatable bonds is 8. The van der Waals surface area contributed by atoms with E-state index in [-0.39, 0.29) is 29.1 Å². The molecule has 1 N–H and O–H groups in total. The highest BCUT2D eigenvalue weighted by atomic mass is 32.2. The summed E-state index contributed by atoms with van der Waals surface area (Å²) in [5.74, 6) is 0.904. The predicted octanol–water partition coefficient (Wildman–Crippen LogP) is 6.38. The number of carbonyl (C=O) groups is 1. The number of thioether (sulfide) groups is 1. The molecule has 0 aromatic heterocycles. The zero-order valence-electron chi connectivity index (χ0n) is 21.7. The van der Waals surface area contributed by atoms with E-state index >= 15 is 0 Å². The van der Waals surface area contributed by atoms with Gasteiger partial charge in [-0.2, -0.15) is 28.3 Å². The number of hydrazone groups is 1. The SMILES string of the molecule is COc1cc(/C=C2/C(=N)N3N=C(C(F)(F)F)SC3=NC2=O)ccc1OCCOc1ccc(C2CCCCC2)cc1. The van der Waals surface area contributed by atoms with Crippen LogP contribution in [0.4, 0.5) is 13.2 Å². The number of ether oxygens (including phenoxy) is 3. The van der Waals surface area contributed by atoms with E-state index in [1.807, 2.05) is 12.1 Å². The number of fused-ring (bicyclic) bond motifs is 1. The first-order valence-electron chi connectivity index (χ1n) is 12.8. The molecule has 0 spiro atoms. The number of benzene rings is 2. The highest BCUT2D eigenvalue weighted by Crippen LogP contribution is 2.36. The second-order valence-electron chi connectivity index (χ2n) is 9.43. The maximum absolute atomic E-state index is 13.0. The highest BCUT2D eigenvalue weighted by molar-refractivity contribution is 8.27. The van der Waals surface area contributed by atoms with Gasteiger partial charge in [-0.15, -0.1) is 0 Å². The van der Waals surface area contributed by atoms with Crippen molar-refractivity contribution < 1.29 is 32.2 Å². The van der Waals surface area contributed by atoms with E-state index in [1.54, 1.807) is 18.2 Å². The van der Waals surface area contributed by atoms with Crippen molar-refractivity contribution in [2.45, 2.75) is 44.2 Å². The molecule has 2 aromatic rings. The number of carbonyl (C=O) groups excluding carboxylic acids is 1. The summed E-state index contributed by atoms with van der Waals surface area (Å²) in [5, 5.41) is 10.9. The Balaban J connectivity index is 1.19. The molecule has 2 aromatic carbocycles. The van der Waals surface area contributed by atoms with E-state index in [9.17, 15) is 18.0 Å². The van der Waals surface area contributed by atoms with Gasteiger partial charge in [0.1, 0.15) is 19.0 Å². The normalized spacial score (nSPS) is 18.9. The molecule has 1 fully saturated rings. The van der Waals surface area contributed by atoms with Crippen molar-refractivity contribution in [2.24, 2.45) is 10.1 Å². The molecular weight excluding hydrogens is 545 g/mol. The number of hydrogen-bond acceptors (Lipinski definition) is 7. The number of nitrogens with one attached hydrogen (secondary N) is 1. The third-order valence-electron chi connectivity index (χ3n) is 6.76. The van der Waals surface area contributed by atoms with Crippen LogP contribution in [0.2, 0.25) is 0 Å². The van der Waals surface area contributed by atoms with Crippen LogP contribution in [0.1, 0.15) is 49.1 Å². The van der Waals surface area contributed by atoms with Crippen LogP contribution >= 0.6 is 11.8 Å². The van der Waals surface area contributed by atoms with Crippen LogP contribution in [0.3, 0.4) is 0 Å². The first-order chi connectivity index (χ1) is 19.2. The molecule has 8 nitrogen and oxygen atoms in total. The lowest BCUT2D eigenvalue weighted by molar-refractivity contribution is -0.114. The van der Waals surface area contributed by atoms with Crippen molar-refractivity contribution in [2.75, 3.05) is 20.3 Å². The summed E-state index contributed by atoms with van der Waals surface area (Å²) in [6, 6.07) is 13.1. The average Bonchev–Trinajstić information content (AvgIpc) is 3.39. The lowest BCUT2D eigenvalue weighted by Crippen LogP contribution is -2.35. The summed E-state index contributed by atoms with van der Waals surface area (Å²) >= 11 is 0.205. The van der Waals surface area contributed by atoms with Crippen LogP contribution in [0.25, 0.3) is 6.08 Å². The van der Waals surface area contributed by atoms with Crippen molar-refractivity contribution in [1.82, 2.24) is 5.01 Å². The van der Waals surface area contributed by atoms with E-state index in [2.05, 4.69) is 22.2 Å². The number of halogens is 3. The van der Waals surface area contributed by atoms with E-state index < -0.39 is 23.0 Å². The summed E-state index contributed by atoms with van der Waals surface area (Å²) in [5.41, 5.74) is 1.63. The second-order valence-corrected chi connectivity index (χ2v) is 10.4. The van der Waals surface area contributed by atoms with Crippen LogP contribution in [-0.4, -0.2) is 53.5 Å². The zero-order valence-corrected chi connectivity index (χ0v) is 22.5. The van der Waals surface area contributed by atoms with Crippen LogP contribution < -0.4 is 14.2 Å². The number of nitrogens with zero attached hydrogens (tertiary/aromatic N) is 3. The molecule has 2 heterocycles. The van der Waals surface area contributed by atoms with E-state index in [4.69, 9.17) is 19.6 Å². The Hall–Kier alpha value is -3.80. The molecule has 0 unspecified atom stereocenters. The Morgan fingerprint density at radius 1 is 1.05 bits per heavy atom. The molecule has 5 rings (SSSR count). The van der Waals surface area contributed by atoms with Crippen molar-refractivity contribution in [3.8, 4) is 17.2 Å². The number of hydrogen-bond donors (Lipinski definition) is 1. The summed E-state index contributed by atoms with van der Waals surface area (Å²) in [7, 11) is 1.46. The molecule has 0 radical (unpaired) electrons. The fourth-order valence-electron chi connectivity index (χ4n) is 4.75. The zero-order chi connectivity index (χ0) is 28.3. The molecule has 0 saturated heterocycles. The predicted molar refractivity (Wildman–Crippen MR) is 147 cm³/mol. The lowest BCUT2D eigenvalue weighted by Gasteiger charge is -2.22. The van der Waals surface area contributed by atoms with Crippen molar-refractivity contribution in [1.29, 1.82) is 5.41 Å². The minimum absolute atomic E-state index is 0.199. The first-order valence-corrected chi connectivity index (χ1v) is 13.7. The topological polar surface area (TPSA) is 96.6 Å². The largest absolute Gasteiger partial charge is 0.493 e. The van der Waals surface area contributed by atoms with Crippen molar-refractivity contribution in [3.63, 3.8) is 0 Å². The monoisotopic (exact) mass is 572 g/mol. The van der Waals surface area contributed by atoms with Gasteiger partial charge in [0.05, 0.1) is 12.7 Å². The molecule has 3 aliphatic rings. The van der Waals surface area contributed by atoms with Gasteiger partial charge >= 0.3 is 6.18 Å². The van der Waals surface area contributed by atoms with Gasteiger partial charge in [0.15, 0.2) is 17.3 Å². The first kappa shape index (κ1) is 27.8. The Kier molecular flexibility index (Phi) is 8.15. The van der Waals surface area contributed by atoms with Gasteiger partial charge < -0.3 is 14.2 Å². The maximum atomic E-state index is 13.0. The van der Waals surface area contributed by atoms with Gasteiger partial charge in [-0.05, 0) is 72.0 Å². The summed E-state index contributed by atoms with van der Waals surface area (Å²) in [4.78, 5) is 16.2. The highest BCUT2D eigenvalue weighted by Gasteiger charge is 2.46.